The SMILES string of the molecule is Cc1c(OCc2ccccc2)c(=O)ccn1CCCCC(CNC(=O)OC(C)(C)C)NC(=O)OC(C)(C)C. The Bertz CT molecular complexity index is 1100. The Balaban J connectivity index is 1.95. The molecular formula is C29H43N3O6. The number of aromatic nitrogens is 1. The number of hydrogen-bond acceptors (Lipinski definition) is 6. The van der Waals surface area contributed by atoms with Crippen molar-refractivity contribution in [2.24, 2.45) is 0 Å². The fraction of sp³-hybridized carbons (Fsp3) is 0.552. The van der Waals surface area contributed by atoms with Crippen LogP contribution in [0.5, 0.6) is 5.75 Å². The molecule has 0 bridgehead atoms. The molecule has 2 rings (SSSR count). The van der Waals surface area contributed by atoms with Crippen LogP contribution in [0, 0.1) is 6.92 Å². The third-order valence-electron chi connectivity index (χ3n) is 5.43. The maximum absolute atomic E-state index is 12.4. The highest BCUT2D eigenvalue weighted by Crippen LogP contribution is 2.16. The molecule has 210 valence electrons. The Morgan fingerprint density at radius 3 is 2.18 bits per heavy atom. The summed E-state index contributed by atoms with van der Waals surface area (Å²) in [5.41, 5.74) is 0.365. The van der Waals surface area contributed by atoms with Gasteiger partial charge >= 0.3 is 12.2 Å². The molecule has 38 heavy (non-hydrogen) atoms. The van der Waals surface area contributed by atoms with Gasteiger partial charge in [-0.25, -0.2) is 9.59 Å². The third kappa shape index (κ3) is 11.7. The van der Waals surface area contributed by atoms with Crippen molar-refractivity contribution < 1.29 is 23.8 Å². The number of alkyl carbamates (subject to hydrolysis) is 2. The first-order chi connectivity index (χ1) is 17.7. The van der Waals surface area contributed by atoms with E-state index in [9.17, 15) is 14.4 Å². The monoisotopic (exact) mass is 529 g/mol. The van der Waals surface area contributed by atoms with E-state index < -0.39 is 23.4 Å². The van der Waals surface area contributed by atoms with Gasteiger partial charge < -0.3 is 29.4 Å². The fourth-order valence-electron chi connectivity index (χ4n) is 3.69. The summed E-state index contributed by atoms with van der Waals surface area (Å²) < 4.78 is 18.6. The van der Waals surface area contributed by atoms with Gasteiger partial charge in [-0.1, -0.05) is 30.3 Å². The van der Waals surface area contributed by atoms with Crippen molar-refractivity contribution in [1.29, 1.82) is 0 Å². The van der Waals surface area contributed by atoms with E-state index in [2.05, 4.69) is 10.6 Å². The molecule has 0 aliphatic rings. The van der Waals surface area contributed by atoms with Crippen molar-refractivity contribution in [3.8, 4) is 5.75 Å². The molecule has 1 unspecified atom stereocenters. The van der Waals surface area contributed by atoms with E-state index in [1.807, 2.05) is 41.8 Å². The Labute approximate surface area is 225 Å². The number of unbranched alkanes of at least 4 members (excludes halogenated alkanes) is 1. The molecule has 0 spiro atoms. The number of carbonyl (C=O) groups excluding carboxylic acids is 2. The van der Waals surface area contributed by atoms with Crippen molar-refractivity contribution in [3.63, 3.8) is 0 Å². The summed E-state index contributed by atoms with van der Waals surface area (Å²) in [6.07, 6.45) is 2.87. The van der Waals surface area contributed by atoms with Crippen molar-refractivity contribution in [2.75, 3.05) is 6.54 Å². The smallest absolute Gasteiger partial charge is 0.407 e. The largest absolute Gasteiger partial charge is 0.483 e. The summed E-state index contributed by atoms with van der Waals surface area (Å²) in [6, 6.07) is 10.9. The Hall–Kier alpha value is -3.49. The first kappa shape index (κ1) is 30.7. The zero-order chi connectivity index (χ0) is 28.3. The minimum absolute atomic E-state index is 0.149. The highest BCUT2D eigenvalue weighted by atomic mass is 16.6. The lowest BCUT2D eigenvalue weighted by molar-refractivity contribution is 0.0460. The third-order valence-corrected chi connectivity index (χ3v) is 5.43. The summed E-state index contributed by atoms with van der Waals surface area (Å²) >= 11 is 0. The van der Waals surface area contributed by atoms with E-state index >= 15 is 0 Å². The van der Waals surface area contributed by atoms with E-state index in [0.717, 1.165) is 24.1 Å². The number of amides is 2. The molecule has 1 heterocycles. The predicted octanol–water partition coefficient (Wildman–Crippen LogP) is 5.32. The molecule has 0 aliphatic carbocycles. The molecule has 2 N–H and O–H groups in total. The van der Waals surface area contributed by atoms with E-state index in [0.29, 0.717) is 25.3 Å². The number of hydrogen-bond donors (Lipinski definition) is 2. The van der Waals surface area contributed by atoms with Gasteiger partial charge in [0.1, 0.15) is 17.8 Å². The molecule has 1 aromatic carbocycles. The van der Waals surface area contributed by atoms with Crippen LogP contribution in [0.25, 0.3) is 0 Å². The number of nitrogens with one attached hydrogen (secondary N) is 2. The summed E-state index contributed by atoms with van der Waals surface area (Å²) in [5, 5.41) is 5.58. The van der Waals surface area contributed by atoms with E-state index in [-0.39, 0.29) is 18.0 Å². The van der Waals surface area contributed by atoms with Crippen LogP contribution in [0.15, 0.2) is 47.4 Å². The number of rotatable bonds is 11. The standard InChI is InChI=1S/C29H43N3O6/c1-21-25(36-20-22-13-9-8-10-14-22)24(33)16-18-32(21)17-12-11-15-23(31-27(35)38-29(5,6)7)19-30-26(34)37-28(2,3)4/h8-10,13-14,16,18,23H,11-12,15,17,19-20H2,1-7H3,(H,30,34)(H,31,35). The van der Waals surface area contributed by atoms with Crippen LogP contribution in [0.3, 0.4) is 0 Å². The zero-order valence-corrected chi connectivity index (χ0v) is 23.8. The van der Waals surface area contributed by atoms with Crippen LogP contribution in [0.2, 0.25) is 0 Å². The van der Waals surface area contributed by atoms with Gasteiger partial charge in [-0.15, -0.1) is 0 Å². The number of carbonyl (C=O) groups is 2. The van der Waals surface area contributed by atoms with Crippen molar-refractivity contribution in [3.05, 3.63) is 64.1 Å². The van der Waals surface area contributed by atoms with Crippen LogP contribution in [0.1, 0.15) is 72.1 Å². The number of aryl methyl sites for hydroxylation is 1. The van der Waals surface area contributed by atoms with E-state index in [4.69, 9.17) is 14.2 Å². The van der Waals surface area contributed by atoms with Crippen LogP contribution in [-0.4, -0.2) is 40.5 Å². The lowest BCUT2D eigenvalue weighted by Crippen LogP contribution is -2.46. The van der Waals surface area contributed by atoms with Crippen molar-refractivity contribution >= 4 is 12.2 Å². The molecule has 0 radical (unpaired) electrons. The minimum Gasteiger partial charge on any atom is -0.483 e. The summed E-state index contributed by atoms with van der Waals surface area (Å²) in [4.78, 5) is 36.9. The molecule has 2 aromatic rings. The Morgan fingerprint density at radius 2 is 1.55 bits per heavy atom. The Kier molecular flexibility index (Phi) is 11.2. The maximum atomic E-state index is 12.4. The highest BCUT2D eigenvalue weighted by Gasteiger charge is 2.21. The summed E-state index contributed by atoms with van der Waals surface area (Å²) in [7, 11) is 0. The molecule has 0 saturated heterocycles. The van der Waals surface area contributed by atoms with Gasteiger partial charge in [-0.2, -0.15) is 0 Å². The molecular weight excluding hydrogens is 486 g/mol. The van der Waals surface area contributed by atoms with Crippen LogP contribution in [0.4, 0.5) is 9.59 Å². The highest BCUT2D eigenvalue weighted by molar-refractivity contribution is 5.69. The molecule has 0 saturated carbocycles. The predicted molar refractivity (Wildman–Crippen MR) is 147 cm³/mol. The number of nitrogens with zero attached hydrogens (tertiary/aromatic N) is 1. The maximum Gasteiger partial charge on any atom is 0.407 e. The van der Waals surface area contributed by atoms with Crippen LogP contribution in [-0.2, 0) is 22.6 Å². The molecule has 9 nitrogen and oxygen atoms in total. The second-order valence-electron chi connectivity index (χ2n) is 11.3. The topological polar surface area (TPSA) is 108 Å². The van der Waals surface area contributed by atoms with Gasteiger partial charge in [0, 0.05) is 31.4 Å². The van der Waals surface area contributed by atoms with Crippen LogP contribution < -0.4 is 20.8 Å². The van der Waals surface area contributed by atoms with Gasteiger partial charge in [-0.3, -0.25) is 4.79 Å². The second-order valence-corrected chi connectivity index (χ2v) is 11.3. The lowest BCUT2D eigenvalue weighted by Gasteiger charge is -2.25. The minimum atomic E-state index is -0.630. The molecule has 9 heteroatoms. The van der Waals surface area contributed by atoms with E-state index in [1.54, 1.807) is 47.7 Å². The molecule has 2 amide bonds. The second kappa shape index (κ2) is 13.9. The normalized spacial score (nSPS) is 12.4. The fourth-order valence-corrected chi connectivity index (χ4v) is 3.69. The van der Waals surface area contributed by atoms with Crippen LogP contribution >= 0.6 is 0 Å². The average Bonchev–Trinajstić information content (AvgIpc) is 2.79. The molecule has 1 aromatic heterocycles. The first-order valence-electron chi connectivity index (χ1n) is 13.1. The zero-order valence-electron chi connectivity index (χ0n) is 23.8. The molecule has 0 aliphatic heterocycles. The van der Waals surface area contributed by atoms with Gasteiger partial charge in [0.2, 0.25) is 5.43 Å². The van der Waals surface area contributed by atoms with E-state index in [1.165, 1.54) is 6.07 Å². The van der Waals surface area contributed by atoms with Crippen molar-refractivity contribution in [2.45, 2.75) is 98.1 Å². The number of benzene rings is 1. The number of ether oxygens (including phenoxy) is 3. The lowest BCUT2D eigenvalue weighted by atomic mass is 10.1. The van der Waals surface area contributed by atoms with Gasteiger partial charge in [0.25, 0.3) is 0 Å². The number of pyridine rings is 1. The van der Waals surface area contributed by atoms with Gasteiger partial charge in [-0.05, 0) is 73.3 Å². The molecule has 0 fully saturated rings. The van der Waals surface area contributed by atoms with Gasteiger partial charge in [0.05, 0.1) is 5.69 Å². The first-order valence-corrected chi connectivity index (χ1v) is 13.1. The molecule has 1 atom stereocenters. The van der Waals surface area contributed by atoms with Crippen molar-refractivity contribution in [1.82, 2.24) is 15.2 Å². The Morgan fingerprint density at radius 1 is 0.921 bits per heavy atom. The average molecular weight is 530 g/mol. The van der Waals surface area contributed by atoms with Gasteiger partial charge in [0.15, 0.2) is 5.75 Å². The quantitative estimate of drug-likeness (QED) is 0.381. The summed E-state index contributed by atoms with van der Waals surface area (Å²) in [6.45, 7) is 13.8. The summed E-state index contributed by atoms with van der Waals surface area (Å²) in [5.74, 6) is 0.349.